The second kappa shape index (κ2) is 10.4. The van der Waals surface area contributed by atoms with Gasteiger partial charge in [0, 0.05) is 55.0 Å². The molecule has 5 rings (SSSR count). The van der Waals surface area contributed by atoms with Crippen LogP contribution in [0.15, 0.2) is 54.9 Å². The molecule has 2 fully saturated rings. The molecule has 0 unspecified atom stereocenters. The zero-order valence-electron chi connectivity index (χ0n) is 19.6. The van der Waals surface area contributed by atoms with E-state index in [0.717, 1.165) is 11.1 Å². The number of methoxy groups -OCH3 is 1. The summed E-state index contributed by atoms with van der Waals surface area (Å²) in [5.74, 6) is 0.305. The van der Waals surface area contributed by atoms with Gasteiger partial charge >= 0.3 is 6.09 Å². The van der Waals surface area contributed by atoms with E-state index in [1.807, 2.05) is 24.3 Å². The minimum Gasteiger partial charge on any atom is -0.488 e. The molecule has 2 atom stereocenters. The lowest BCUT2D eigenvalue weighted by molar-refractivity contribution is 0.0913. The van der Waals surface area contributed by atoms with Crippen LogP contribution in [0.25, 0.3) is 11.3 Å². The van der Waals surface area contributed by atoms with Crippen molar-refractivity contribution >= 4 is 23.6 Å². The number of nitrogens with zero attached hydrogens (tertiary/aromatic N) is 3. The van der Waals surface area contributed by atoms with Gasteiger partial charge in [-0.25, -0.2) is 9.78 Å². The summed E-state index contributed by atoms with van der Waals surface area (Å²) in [6.07, 6.45) is 4.17. The van der Waals surface area contributed by atoms with Crippen LogP contribution < -0.4 is 14.8 Å². The molecule has 0 saturated carbocycles. The summed E-state index contributed by atoms with van der Waals surface area (Å²) >= 11 is 5.95. The van der Waals surface area contributed by atoms with Crippen LogP contribution in [-0.2, 0) is 11.3 Å². The maximum absolute atomic E-state index is 13.2. The highest BCUT2D eigenvalue weighted by Gasteiger charge is 2.39. The normalized spacial score (nSPS) is 18.8. The molecule has 186 valence electrons. The van der Waals surface area contributed by atoms with E-state index < -0.39 is 0 Å². The van der Waals surface area contributed by atoms with Crippen LogP contribution in [0, 0.1) is 0 Å². The molecule has 2 saturated heterocycles. The first kappa shape index (κ1) is 23.9. The van der Waals surface area contributed by atoms with Gasteiger partial charge in [-0.1, -0.05) is 23.7 Å². The fourth-order valence-electron chi connectivity index (χ4n) is 4.43. The minimum atomic E-state index is -0.343. The van der Waals surface area contributed by atoms with E-state index in [2.05, 4.69) is 15.3 Å². The molecule has 3 aromatic rings. The lowest BCUT2D eigenvalue weighted by atomic mass is 10.0. The zero-order valence-corrected chi connectivity index (χ0v) is 20.4. The molecule has 36 heavy (non-hydrogen) atoms. The van der Waals surface area contributed by atoms with Crippen LogP contribution in [0.4, 0.5) is 4.79 Å². The Morgan fingerprint density at radius 3 is 2.75 bits per heavy atom. The molecule has 2 amide bonds. The Bertz CT molecular complexity index is 1260. The summed E-state index contributed by atoms with van der Waals surface area (Å²) in [6, 6.07) is 12.5. The number of nitrogens with one attached hydrogen (secondary N) is 1. The molecule has 1 N–H and O–H groups in total. The molecule has 0 aliphatic carbocycles. The lowest BCUT2D eigenvalue weighted by Gasteiger charge is -2.33. The number of fused-ring (bicyclic) bond motifs is 1. The van der Waals surface area contributed by atoms with Gasteiger partial charge in [0.15, 0.2) is 0 Å². The monoisotopic (exact) mass is 508 g/mol. The third kappa shape index (κ3) is 5.06. The van der Waals surface area contributed by atoms with E-state index in [-0.39, 0.29) is 35.6 Å². The van der Waals surface area contributed by atoms with Crippen molar-refractivity contribution in [3.63, 3.8) is 0 Å². The van der Waals surface area contributed by atoms with Crippen molar-refractivity contribution in [2.45, 2.75) is 31.5 Å². The highest BCUT2D eigenvalue weighted by atomic mass is 35.5. The Morgan fingerprint density at radius 2 is 2.00 bits per heavy atom. The number of carbonyl (C=O) groups is 2. The third-order valence-electron chi connectivity index (χ3n) is 6.31. The van der Waals surface area contributed by atoms with Crippen LogP contribution in [0.5, 0.6) is 11.6 Å². The number of rotatable bonds is 7. The lowest BCUT2D eigenvalue weighted by Crippen LogP contribution is -2.44. The summed E-state index contributed by atoms with van der Waals surface area (Å²) in [4.78, 5) is 35.5. The number of ether oxygens (including phenoxy) is 3. The second-order valence-electron chi connectivity index (χ2n) is 8.63. The molecule has 2 aliphatic heterocycles. The maximum atomic E-state index is 13.2. The van der Waals surface area contributed by atoms with E-state index in [1.165, 1.54) is 7.11 Å². The topological polar surface area (TPSA) is 103 Å². The molecular formula is C26H25ClN4O5. The van der Waals surface area contributed by atoms with E-state index in [0.29, 0.717) is 49.0 Å². The van der Waals surface area contributed by atoms with E-state index in [4.69, 9.17) is 25.8 Å². The van der Waals surface area contributed by atoms with Gasteiger partial charge in [-0.3, -0.25) is 9.78 Å². The molecule has 9 nitrogen and oxygen atoms in total. The summed E-state index contributed by atoms with van der Waals surface area (Å²) in [5, 5.41) is 3.53. The fourth-order valence-corrected chi connectivity index (χ4v) is 4.56. The van der Waals surface area contributed by atoms with Crippen LogP contribution in [-0.4, -0.2) is 59.3 Å². The van der Waals surface area contributed by atoms with E-state index in [9.17, 15) is 9.59 Å². The van der Waals surface area contributed by atoms with Gasteiger partial charge in [-0.05, 0) is 29.8 Å². The molecule has 2 aliphatic rings. The molecule has 0 bridgehead atoms. The highest BCUT2D eigenvalue weighted by Crippen LogP contribution is 2.35. The molecule has 10 heteroatoms. The number of benzene rings is 1. The van der Waals surface area contributed by atoms with Crippen LogP contribution in [0.2, 0.25) is 5.02 Å². The predicted molar refractivity (Wildman–Crippen MR) is 132 cm³/mol. The molecule has 0 radical (unpaired) electrons. The zero-order chi connectivity index (χ0) is 25.1. The average Bonchev–Trinajstić information content (AvgIpc) is 3.28. The van der Waals surface area contributed by atoms with Crippen molar-refractivity contribution in [2.24, 2.45) is 0 Å². The summed E-state index contributed by atoms with van der Waals surface area (Å²) < 4.78 is 17.1. The number of hydrogen-bond acceptors (Lipinski definition) is 7. The second-order valence-corrected chi connectivity index (χ2v) is 9.06. The summed E-state index contributed by atoms with van der Waals surface area (Å²) in [7, 11) is 1.47. The van der Waals surface area contributed by atoms with E-state index >= 15 is 0 Å². The Labute approximate surface area is 213 Å². The number of pyridine rings is 2. The SMILES string of the molecule is COc1nc(-c2ccncc2)c(O[C@H]2CCN3C(=O)OC[C@@H]3C2)cc1C(=O)NCc1ccc(Cl)cc1. The van der Waals surface area contributed by atoms with Gasteiger partial charge in [0.05, 0.1) is 13.2 Å². The van der Waals surface area contributed by atoms with Gasteiger partial charge in [0.25, 0.3) is 5.91 Å². The Balaban J connectivity index is 1.42. The fraction of sp³-hybridized carbons (Fsp3) is 0.308. The molecule has 0 spiro atoms. The van der Waals surface area contributed by atoms with Crippen molar-refractivity contribution in [3.05, 3.63) is 71.0 Å². The minimum absolute atomic E-state index is 0.0195. The largest absolute Gasteiger partial charge is 0.488 e. The van der Waals surface area contributed by atoms with Gasteiger partial charge in [-0.2, -0.15) is 0 Å². The first-order valence-corrected chi connectivity index (χ1v) is 12.0. The maximum Gasteiger partial charge on any atom is 0.410 e. The smallest absolute Gasteiger partial charge is 0.410 e. The van der Waals surface area contributed by atoms with Crippen molar-refractivity contribution in [1.29, 1.82) is 0 Å². The number of carbonyl (C=O) groups excluding carboxylic acids is 2. The summed E-state index contributed by atoms with van der Waals surface area (Å²) in [6.45, 7) is 1.22. The van der Waals surface area contributed by atoms with Crippen molar-refractivity contribution in [3.8, 4) is 22.9 Å². The predicted octanol–water partition coefficient (Wildman–Crippen LogP) is 4.10. The molecule has 4 heterocycles. The Hall–Kier alpha value is -3.85. The standard InChI is InChI=1S/C26H25ClN4O5/c1-34-25-21(24(32)29-14-16-2-4-18(27)5-3-16)13-22(23(30-25)17-6-9-28-10-7-17)36-20-8-11-31-19(12-20)15-35-26(31)33/h2-7,9-10,13,19-20H,8,11-12,14-15H2,1H3,(H,29,32)/t19-,20-/m0/s1. The number of cyclic esters (lactones) is 1. The number of piperidine rings is 1. The van der Waals surface area contributed by atoms with Crippen LogP contribution >= 0.6 is 11.6 Å². The quantitative estimate of drug-likeness (QED) is 0.512. The van der Waals surface area contributed by atoms with Crippen molar-refractivity contribution in [2.75, 3.05) is 20.3 Å². The van der Waals surface area contributed by atoms with Crippen molar-refractivity contribution in [1.82, 2.24) is 20.2 Å². The van der Waals surface area contributed by atoms with Gasteiger partial charge in [-0.15, -0.1) is 0 Å². The number of halogens is 1. The number of hydrogen-bond donors (Lipinski definition) is 1. The van der Waals surface area contributed by atoms with Gasteiger partial charge in [0.1, 0.15) is 29.7 Å². The highest BCUT2D eigenvalue weighted by molar-refractivity contribution is 6.30. The molecule has 1 aromatic carbocycles. The Morgan fingerprint density at radius 1 is 1.22 bits per heavy atom. The first-order valence-electron chi connectivity index (χ1n) is 11.6. The molecule has 2 aromatic heterocycles. The van der Waals surface area contributed by atoms with Crippen molar-refractivity contribution < 1.29 is 23.8 Å². The molecular weight excluding hydrogens is 484 g/mol. The van der Waals surface area contributed by atoms with Crippen LogP contribution in [0.3, 0.4) is 0 Å². The van der Waals surface area contributed by atoms with Crippen LogP contribution in [0.1, 0.15) is 28.8 Å². The third-order valence-corrected chi connectivity index (χ3v) is 6.56. The average molecular weight is 509 g/mol. The van der Waals surface area contributed by atoms with Gasteiger partial charge < -0.3 is 24.4 Å². The van der Waals surface area contributed by atoms with E-state index in [1.54, 1.807) is 35.5 Å². The number of amides is 2. The summed E-state index contributed by atoms with van der Waals surface area (Å²) in [5.41, 5.74) is 2.49. The van der Waals surface area contributed by atoms with Gasteiger partial charge in [0.2, 0.25) is 5.88 Å². The Kier molecular flexibility index (Phi) is 6.90. The number of aromatic nitrogens is 2. The first-order chi connectivity index (χ1) is 17.5.